The van der Waals surface area contributed by atoms with E-state index < -0.39 is 0 Å². The molecule has 0 N–H and O–H groups in total. The highest BCUT2D eigenvalue weighted by atomic mass is 32.1. The normalized spacial score (nSPS) is 11.7. The third-order valence-corrected chi connectivity index (χ3v) is 1.62. The molecule has 52 valence electrons. The molecule has 0 aromatic rings. The second-order valence-corrected chi connectivity index (χ2v) is 2.81. The fraction of sp³-hybridized carbons (Fsp3) is 0.500. The van der Waals surface area contributed by atoms with Gasteiger partial charge in [-0.25, -0.2) is 0 Å². The number of rotatable bonds is 3. The van der Waals surface area contributed by atoms with E-state index in [-0.39, 0.29) is 0 Å². The summed E-state index contributed by atoms with van der Waals surface area (Å²) in [6.45, 7) is 7.84. The second kappa shape index (κ2) is 4.68. The van der Waals surface area contributed by atoms with Crippen LogP contribution in [-0.2, 0) is 0 Å². The van der Waals surface area contributed by atoms with Crippen LogP contribution >= 0.6 is 12.6 Å². The summed E-state index contributed by atoms with van der Waals surface area (Å²) in [5.41, 5.74) is 1.23. The van der Waals surface area contributed by atoms with Crippen LogP contribution in [0.25, 0.3) is 0 Å². The van der Waals surface area contributed by atoms with Crippen molar-refractivity contribution in [3.05, 3.63) is 23.1 Å². The van der Waals surface area contributed by atoms with E-state index >= 15 is 0 Å². The van der Waals surface area contributed by atoms with E-state index in [4.69, 9.17) is 0 Å². The van der Waals surface area contributed by atoms with Gasteiger partial charge in [0.2, 0.25) is 0 Å². The smallest absolute Gasteiger partial charge is 0.0187 e. The van der Waals surface area contributed by atoms with Crippen LogP contribution < -0.4 is 0 Å². The minimum Gasteiger partial charge on any atom is -0.148 e. The quantitative estimate of drug-likeness (QED) is 0.454. The van der Waals surface area contributed by atoms with Crippen molar-refractivity contribution >= 4 is 12.6 Å². The minimum atomic E-state index is 1.04. The molecular weight excluding hydrogens is 128 g/mol. The number of hydrogen-bond donors (Lipinski definition) is 1. The van der Waals surface area contributed by atoms with Crippen molar-refractivity contribution in [1.29, 1.82) is 0 Å². The van der Waals surface area contributed by atoms with Crippen molar-refractivity contribution in [3.63, 3.8) is 0 Å². The van der Waals surface area contributed by atoms with E-state index in [1.54, 1.807) is 0 Å². The highest BCUT2D eigenvalue weighted by Crippen LogP contribution is 2.12. The Morgan fingerprint density at radius 3 is 2.44 bits per heavy atom. The van der Waals surface area contributed by atoms with Gasteiger partial charge >= 0.3 is 0 Å². The van der Waals surface area contributed by atoms with Crippen molar-refractivity contribution in [3.8, 4) is 0 Å². The van der Waals surface area contributed by atoms with Crippen molar-refractivity contribution in [2.75, 3.05) is 0 Å². The summed E-state index contributed by atoms with van der Waals surface area (Å²) in [5, 5.41) is 0. The molecular formula is C8H14S. The standard InChI is InChI=1S/C8H14S/c1-4-8(9)6-5-7(2)3/h4,9H,2,5-6H2,1,3H3/b8-4+. The molecule has 0 rings (SSSR count). The molecule has 0 fully saturated rings. The number of allylic oxidation sites excluding steroid dienone is 3. The molecule has 0 bridgehead atoms. The maximum atomic E-state index is 4.22. The van der Waals surface area contributed by atoms with E-state index in [0.29, 0.717) is 0 Å². The van der Waals surface area contributed by atoms with Gasteiger partial charge in [-0.1, -0.05) is 11.6 Å². The van der Waals surface area contributed by atoms with Gasteiger partial charge in [0.1, 0.15) is 0 Å². The fourth-order valence-corrected chi connectivity index (χ4v) is 0.598. The van der Waals surface area contributed by atoms with Crippen LogP contribution in [0.15, 0.2) is 23.1 Å². The minimum absolute atomic E-state index is 1.04. The zero-order chi connectivity index (χ0) is 7.28. The first kappa shape index (κ1) is 8.83. The van der Waals surface area contributed by atoms with Gasteiger partial charge in [-0.3, -0.25) is 0 Å². The summed E-state index contributed by atoms with van der Waals surface area (Å²) in [6.07, 6.45) is 4.12. The van der Waals surface area contributed by atoms with Gasteiger partial charge in [-0.05, 0) is 31.6 Å². The zero-order valence-electron chi connectivity index (χ0n) is 6.15. The summed E-state index contributed by atoms with van der Waals surface area (Å²) in [6, 6.07) is 0. The molecule has 0 aromatic heterocycles. The molecule has 0 aliphatic carbocycles. The van der Waals surface area contributed by atoms with Gasteiger partial charge < -0.3 is 0 Å². The lowest BCUT2D eigenvalue weighted by Crippen LogP contribution is -1.75. The molecule has 0 unspecified atom stereocenters. The lowest BCUT2D eigenvalue weighted by molar-refractivity contribution is 0.972. The van der Waals surface area contributed by atoms with Crippen LogP contribution in [0.5, 0.6) is 0 Å². The Kier molecular flexibility index (Phi) is 4.60. The molecule has 1 heteroatoms. The van der Waals surface area contributed by atoms with Gasteiger partial charge in [-0.2, -0.15) is 0 Å². The van der Waals surface area contributed by atoms with Crippen LogP contribution in [0, 0.1) is 0 Å². The molecule has 0 spiro atoms. The summed E-state index contributed by atoms with van der Waals surface area (Å²) < 4.78 is 0. The molecule has 0 nitrogen and oxygen atoms in total. The van der Waals surface area contributed by atoms with Crippen LogP contribution in [0.1, 0.15) is 26.7 Å². The fourth-order valence-electron chi connectivity index (χ4n) is 0.486. The summed E-state index contributed by atoms with van der Waals surface area (Å²) in [7, 11) is 0. The Labute approximate surface area is 63.1 Å². The van der Waals surface area contributed by atoms with Crippen LogP contribution in [0.4, 0.5) is 0 Å². The van der Waals surface area contributed by atoms with Gasteiger partial charge in [-0.15, -0.1) is 19.2 Å². The topological polar surface area (TPSA) is 0 Å². The predicted octanol–water partition coefficient (Wildman–Crippen LogP) is 3.18. The maximum Gasteiger partial charge on any atom is -0.0187 e. The molecule has 0 amide bonds. The lowest BCUT2D eigenvalue weighted by Gasteiger charge is -1.96. The molecule has 0 atom stereocenters. The molecule has 0 aliphatic heterocycles. The maximum absolute atomic E-state index is 4.22. The van der Waals surface area contributed by atoms with Crippen LogP contribution in [-0.4, -0.2) is 0 Å². The van der Waals surface area contributed by atoms with E-state index in [1.165, 1.54) is 5.57 Å². The first-order valence-electron chi connectivity index (χ1n) is 3.15. The van der Waals surface area contributed by atoms with E-state index in [9.17, 15) is 0 Å². The Morgan fingerprint density at radius 2 is 2.11 bits per heavy atom. The van der Waals surface area contributed by atoms with Crippen molar-refractivity contribution in [2.45, 2.75) is 26.7 Å². The van der Waals surface area contributed by atoms with Gasteiger partial charge in [0, 0.05) is 0 Å². The van der Waals surface area contributed by atoms with Gasteiger partial charge in [0.15, 0.2) is 0 Å². The first-order chi connectivity index (χ1) is 4.16. The number of hydrogen-bond acceptors (Lipinski definition) is 1. The largest absolute Gasteiger partial charge is 0.148 e. The molecule has 0 heterocycles. The Balaban J connectivity index is 3.39. The van der Waals surface area contributed by atoms with Crippen LogP contribution in [0.2, 0.25) is 0 Å². The zero-order valence-corrected chi connectivity index (χ0v) is 7.04. The van der Waals surface area contributed by atoms with Crippen molar-refractivity contribution in [1.82, 2.24) is 0 Å². The average molecular weight is 142 g/mol. The third-order valence-electron chi connectivity index (χ3n) is 1.14. The SMILES string of the molecule is C=C(C)CC/C(S)=C\C. The summed E-state index contributed by atoms with van der Waals surface area (Å²) in [4.78, 5) is 1.15. The monoisotopic (exact) mass is 142 g/mol. The molecule has 0 saturated heterocycles. The van der Waals surface area contributed by atoms with E-state index in [2.05, 4.69) is 19.2 Å². The molecule has 0 saturated carbocycles. The predicted molar refractivity (Wildman–Crippen MR) is 46.8 cm³/mol. The van der Waals surface area contributed by atoms with Crippen molar-refractivity contribution in [2.24, 2.45) is 0 Å². The summed E-state index contributed by atoms with van der Waals surface area (Å²) >= 11 is 4.22. The number of thiol groups is 1. The van der Waals surface area contributed by atoms with Gasteiger partial charge in [0.05, 0.1) is 0 Å². The summed E-state index contributed by atoms with van der Waals surface area (Å²) in [5.74, 6) is 0. The third kappa shape index (κ3) is 5.71. The molecule has 0 aromatic carbocycles. The Hall–Kier alpha value is -0.170. The molecule has 9 heavy (non-hydrogen) atoms. The highest BCUT2D eigenvalue weighted by Gasteiger charge is 1.88. The second-order valence-electron chi connectivity index (χ2n) is 2.24. The lowest BCUT2D eigenvalue weighted by atomic mass is 10.2. The van der Waals surface area contributed by atoms with Crippen LogP contribution in [0.3, 0.4) is 0 Å². The Morgan fingerprint density at radius 1 is 1.56 bits per heavy atom. The van der Waals surface area contributed by atoms with Gasteiger partial charge in [0.25, 0.3) is 0 Å². The highest BCUT2D eigenvalue weighted by molar-refractivity contribution is 7.84. The average Bonchev–Trinajstić information content (AvgIpc) is 1.83. The van der Waals surface area contributed by atoms with E-state index in [1.807, 2.05) is 19.9 Å². The van der Waals surface area contributed by atoms with E-state index in [0.717, 1.165) is 17.7 Å². The molecule has 0 aliphatic rings. The first-order valence-corrected chi connectivity index (χ1v) is 3.60. The Bertz CT molecular complexity index is 123. The van der Waals surface area contributed by atoms with Crippen molar-refractivity contribution < 1.29 is 0 Å². The molecule has 0 radical (unpaired) electrons.